The van der Waals surface area contributed by atoms with Crippen LogP contribution in [0.25, 0.3) is 0 Å². The van der Waals surface area contributed by atoms with Gasteiger partial charge in [-0.15, -0.1) is 0 Å². The third-order valence-electron chi connectivity index (χ3n) is 6.26. The number of nitrogens with one attached hydrogen (secondary N) is 2. The first-order chi connectivity index (χ1) is 14.8. The third kappa shape index (κ3) is 3.77. The molecule has 0 spiro atoms. The molecule has 31 heavy (non-hydrogen) atoms. The summed E-state index contributed by atoms with van der Waals surface area (Å²) in [6.45, 7) is 5.15. The van der Waals surface area contributed by atoms with Crippen LogP contribution in [0.15, 0.2) is 52.5 Å². The Morgan fingerprint density at radius 2 is 1.97 bits per heavy atom. The maximum Gasteiger partial charge on any atom is 0.318 e. The Morgan fingerprint density at radius 3 is 2.71 bits per heavy atom. The number of halogens is 2. The average Bonchev–Trinajstić information content (AvgIpc) is 3.27. The van der Waals surface area contributed by atoms with Crippen molar-refractivity contribution in [2.75, 3.05) is 18.4 Å². The summed E-state index contributed by atoms with van der Waals surface area (Å²) in [5.74, 6) is 1.56. The molecule has 9 heteroatoms. The first-order valence-electron chi connectivity index (χ1n) is 10.2. The van der Waals surface area contributed by atoms with Crippen LogP contribution in [0.1, 0.15) is 31.7 Å². The number of amidine groups is 1. The number of rotatable bonds is 3. The summed E-state index contributed by atoms with van der Waals surface area (Å²) in [6.07, 6.45) is 0.973. The molecule has 3 aliphatic rings. The molecule has 2 aliphatic heterocycles. The Balaban J connectivity index is 1.27. The predicted octanol–water partition coefficient (Wildman–Crippen LogP) is 4.26. The lowest BCUT2D eigenvalue weighted by Crippen LogP contribution is -2.51. The maximum atomic E-state index is 13.1. The molecule has 0 radical (unpaired) electrons. The molecule has 0 saturated heterocycles. The molecular weight excluding hydrogens is 435 g/mol. The van der Waals surface area contributed by atoms with Gasteiger partial charge in [-0.25, -0.2) is 14.8 Å². The Labute approximate surface area is 190 Å². The molecule has 1 aromatic heterocycles. The number of carbonyl (C=O) groups is 1. The highest BCUT2D eigenvalue weighted by Crippen LogP contribution is 2.42. The van der Waals surface area contributed by atoms with Crippen molar-refractivity contribution in [2.45, 2.75) is 37.8 Å². The van der Waals surface area contributed by atoms with Crippen molar-refractivity contribution in [3.8, 4) is 0 Å². The van der Waals surface area contributed by atoms with E-state index in [9.17, 15) is 4.79 Å². The zero-order valence-corrected chi connectivity index (χ0v) is 18.7. The summed E-state index contributed by atoms with van der Waals surface area (Å²) in [4.78, 5) is 27.7. The SMILES string of the molecule is CC1(C)C2=C(CN1C(=O)NC1C[C@@H]1c1ccccc1)C(Nc1cc(Cl)nc(Cl)n1)=NC2. The molecular formula is C22H22Cl2N6O. The number of anilines is 1. The quantitative estimate of drug-likeness (QED) is 0.533. The maximum absolute atomic E-state index is 13.1. The molecule has 5 rings (SSSR count). The highest BCUT2D eigenvalue weighted by Gasteiger charge is 2.47. The van der Waals surface area contributed by atoms with Crippen molar-refractivity contribution in [3.63, 3.8) is 0 Å². The standard InChI is InChI=1S/C22H22Cl2N6O/c1-22(2)15-10-25-19(28-18-9-17(23)27-20(24)29-18)14(15)11-30(22)21(31)26-16-8-13(16)12-6-4-3-5-7-12/h3-7,9,13,16H,8,10-11H2,1-2H3,(H,26,31)(H,25,27,28,29)/t13-,16?/m1/s1. The van der Waals surface area contributed by atoms with Crippen molar-refractivity contribution in [3.05, 3.63) is 63.5 Å². The van der Waals surface area contributed by atoms with Gasteiger partial charge >= 0.3 is 6.03 Å². The van der Waals surface area contributed by atoms with Crippen molar-refractivity contribution >= 4 is 40.9 Å². The van der Waals surface area contributed by atoms with Crippen LogP contribution in [0.3, 0.4) is 0 Å². The zero-order chi connectivity index (χ0) is 21.8. The van der Waals surface area contributed by atoms with Crippen LogP contribution in [0, 0.1) is 0 Å². The number of hydrogen-bond acceptors (Lipinski definition) is 5. The lowest BCUT2D eigenvalue weighted by Gasteiger charge is -2.34. The van der Waals surface area contributed by atoms with Gasteiger partial charge in [-0.05, 0) is 43.0 Å². The number of hydrogen-bond donors (Lipinski definition) is 2. The van der Waals surface area contributed by atoms with E-state index in [2.05, 4.69) is 51.6 Å². The molecule has 2 amide bonds. The van der Waals surface area contributed by atoms with Gasteiger partial charge in [0.2, 0.25) is 5.28 Å². The zero-order valence-electron chi connectivity index (χ0n) is 17.2. The molecule has 0 bridgehead atoms. The lowest BCUT2D eigenvalue weighted by atomic mass is 9.94. The minimum Gasteiger partial charge on any atom is -0.335 e. The van der Waals surface area contributed by atoms with Crippen LogP contribution >= 0.6 is 23.2 Å². The van der Waals surface area contributed by atoms with Gasteiger partial charge in [0.25, 0.3) is 0 Å². The van der Waals surface area contributed by atoms with E-state index in [1.807, 2.05) is 23.1 Å². The molecule has 2 atom stereocenters. The van der Waals surface area contributed by atoms with Gasteiger partial charge < -0.3 is 15.5 Å². The van der Waals surface area contributed by atoms with Crippen molar-refractivity contribution in [2.24, 2.45) is 4.99 Å². The van der Waals surface area contributed by atoms with Crippen LogP contribution < -0.4 is 10.6 Å². The van der Waals surface area contributed by atoms with Gasteiger partial charge in [0, 0.05) is 23.6 Å². The number of benzene rings is 1. The molecule has 1 aromatic carbocycles. The molecule has 1 aliphatic carbocycles. The fraction of sp³-hybridized carbons (Fsp3) is 0.364. The number of amides is 2. The molecule has 1 saturated carbocycles. The lowest BCUT2D eigenvalue weighted by molar-refractivity contribution is 0.170. The molecule has 1 unspecified atom stereocenters. The molecule has 2 aromatic rings. The largest absolute Gasteiger partial charge is 0.335 e. The third-order valence-corrected chi connectivity index (χ3v) is 6.62. The normalized spacial score (nSPS) is 23.5. The Morgan fingerprint density at radius 1 is 1.19 bits per heavy atom. The average molecular weight is 457 g/mol. The predicted molar refractivity (Wildman–Crippen MR) is 122 cm³/mol. The summed E-state index contributed by atoms with van der Waals surface area (Å²) in [5, 5.41) is 6.71. The first-order valence-corrected chi connectivity index (χ1v) is 11.0. The summed E-state index contributed by atoms with van der Waals surface area (Å²) >= 11 is 11.9. The first kappa shape index (κ1) is 20.3. The van der Waals surface area contributed by atoms with Gasteiger partial charge in [-0.3, -0.25) is 4.99 Å². The second-order valence-electron chi connectivity index (χ2n) is 8.55. The highest BCUT2D eigenvalue weighted by molar-refractivity contribution is 6.32. The van der Waals surface area contributed by atoms with E-state index in [1.165, 1.54) is 5.56 Å². The van der Waals surface area contributed by atoms with Gasteiger partial charge in [0.05, 0.1) is 18.6 Å². The molecule has 7 nitrogen and oxygen atoms in total. The Kier molecular flexibility index (Phi) is 4.90. The number of urea groups is 1. The van der Waals surface area contributed by atoms with Crippen LogP contribution in [0.5, 0.6) is 0 Å². The van der Waals surface area contributed by atoms with Gasteiger partial charge in [-0.2, -0.15) is 0 Å². The second kappa shape index (κ2) is 7.50. The number of carbonyl (C=O) groups excluding carboxylic acids is 1. The van der Waals surface area contributed by atoms with Crippen molar-refractivity contribution in [1.82, 2.24) is 20.2 Å². The molecule has 3 heterocycles. The van der Waals surface area contributed by atoms with E-state index in [0.29, 0.717) is 30.7 Å². The second-order valence-corrected chi connectivity index (χ2v) is 9.27. The summed E-state index contributed by atoms with van der Waals surface area (Å²) in [7, 11) is 0. The fourth-order valence-corrected chi connectivity index (χ4v) is 4.83. The van der Waals surface area contributed by atoms with Gasteiger partial charge in [-0.1, -0.05) is 41.9 Å². The molecule has 2 N–H and O–H groups in total. The van der Waals surface area contributed by atoms with Crippen LogP contribution in [-0.4, -0.2) is 51.4 Å². The van der Waals surface area contributed by atoms with Crippen LogP contribution in [0.2, 0.25) is 10.4 Å². The van der Waals surface area contributed by atoms with Gasteiger partial charge in [0.15, 0.2) is 0 Å². The van der Waals surface area contributed by atoms with E-state index in [0.717, 1.165) is 17.6 Å². The summed E-state index contributed by atoms with van der Waals surface area (Å²) in [6, 6.07) is 12.0. The highest BCUT2D eigenvalue weighted by atomic mass is 35.5. The van der Waals surface area contributed by atoms with E-state index < -0.39 is 5.54 Å². The smallest absolute Gasteiger partial charge is 0.318 e. The number of nitrogens with zero attached hydrogens (tertiary/aromatic N) is 4. The van der Waals surface area contributed by atoms with E-state index in [1.54, 1.807) is 6.07 Å². The minimum absolute atomic E-state index is 0.0460. The van der Waals surface area contributed by atoms with Crippen LogP contribution in [0.4, 0.5) is 10.6 Å². The van der Waals surface area contributed by atoms with E-state index in [-0.39, 0.29) is 22.5 Å². The molecule has 160 valence electrons. The summed E-state index contributed by atoms with van der Waals surface area (Å²) in [5.41, 5.74) is 2.99. The monoisotopic (exact) mass is 456 g/mol. The fourth-order valence-electron chi connectivity index (χ4n) is 4.42. The Bertz CT molecular complexity index is 1090. The van der Waals surface area contributed by atoms with Crippen LogP contribution in [-0.2, 0) is 0 Å². The van der Waals surface area contributed by atoms with Gasteiger partial charge in [0.1, 0.15) is 16.8 Å². The van der Waals surface area contributed by atoms with E-state index >= 15 is 0 Å². The topological polar surface area (TPSA) is 82.5 Å². The number of aromatic nitrogens is 2. The summed E-state index contributed by atoms with van der Waals surface area (Å²) < 4.78 is 0. The number of aliphatic imine (C=N–C) groups is 1. The molecule has 1 fully saturated rings. The van der Waals surface area contributed by atoms with Crippen molar-refractivity contribution in [1.29, 1.82) is 0 Å². The van der Waals surface area contributed by atoms with E-state index in [4.69, 9.17) is 23.2 Å². The minimum atomic E-state index is -0.426. The Hall–Kier alpha value is -2.64. The van der Waals surface area contributed by atoms with Crippen molar-refractivity contribution < 1.29 is 4.79 Å².